The van der Waals surface area contributed by atoms with Crippen molar-refractivity contribution in [3.05, 3.63) is 47.8 Å². The first-order valence-corrected chi connectivity index (χ1v) is 9.43. The third-order valence-corrected chi connectivity index (χ3v) is 4.91. The van der Waals surface area contributed by atoms with Gasteiger partial charge in [0, 0.05) is 18.4 Å². The molecule has 3 heterocycles. The van der Waals surface area contributed by atoms with Gasteiger partial charge in [-0.05, 0) is 49.9 Å². The van der Waals surface area contributed by atoms with Crippen LogP contribution in [0.25, 0.3) is 5.65 Å². The van der Waals surface area contributed by atoms with Gasteiger partial charge in [0.2, 0.25) is 5.95 Å². The van der Waals surface area contributed by atoms with Gasteiger partial charge in [0.25, 0.3) is 5.91 Å². The molecule has 8 nitrogen and oxygen atoms in total. The van der Waals surface area contributed by atoms with Crippen molar-refractivity contribution in [2.45, 2.75) is 44.0 Å². The number of aromatic nitrogens is 4. The quantitative estimate of drug-likeness (QED) is 0.599. The summed E-state index contributed by atoms with van der Waals surface area (Å²) in [5, 5.41) is 19.5. The van der Waals surface area contributed by atoms with Crippen LogP contribution in [0.15, 0.2) is 36.7 Å². The predicted molar refractivity (Wildman–Crippen MR) is 102 cm³/mol. The van der Waals surface area contributed by atoms with Crippen LogP contribution in [0, 0.1) is 0 Å². The molecule has 30 heavy (non-hydrogen) atoms. The summed E-state index contributed by atoms with van der Waals surface area (Å²) in [4.78, 5) is 20.2. The first-order chi connectivity index (χ1) is 14.3. The van der Waals surface area contributed by atoms with E-state index in [-0.39, 0.29) is 29.0 Å². The molecule has 1 fully saturated rings. The van der Waals surface area contributed by atoms with Gasteiger partial charge in [-0.1, -0.05) is 0 Å². The van der Waals surface area contributed by atoms with E-state index in [1.165, 1.54) is 16.9 Å². The van der Waals surface area contributed by atoms with E-state index < -0.39 is 23.8 Å². The maximum absolute atomic E-state index is 13.4. The van der Waals surface area contributed by atoms with Crippen molar-refractivity contribution in [2.75, 3.05) is 10.6 Å². The fourth-order valence-electron chi connectivity index (χ4n) is 3.48. The largest absolute Gasteiger partial charge is 0.416 e. The van der Waals surface area contributed by atoms with E-state index in [4.69, 9.17) is 0 Å². The summed E-state index contributed by atoms with van der Waals surface area (Å²) in [7, 11) is 0. The molecule has 0 aromatic carbocycles. The fourth-order valence-corrected chi connectivity index (χ4v) is 3.48. The van der Waals surface area contributed by atoms with Gasteiger partial charge in [-0.3, -0.25) is 15.1 Å². The van der Waals surface area contributed by atoms with Crippen molar-refractivity contribution in [3.63, 3.8) is 0 Å². The molecule has 2 atom stereocenters. The van der Waals surface area contributed by atoms with Crippen LogP contribution in [-0.4, -0.2) is 42.7 Å². The average molecular weight is 420 g/mol. The Balaban J connectivity index is 1.67. The summed E-state index contributed by atoms with van der Waals surface area (Å²) in [6.45, 7) is 0. The molecule has 1 amide bonds. The van der Waals surface area contributed by atoms with Crippen molar-refractivity contribution in [1.29, 1.82) is 0 Å². The molecule has 2 unspecified atom stereocenters. The van der Waals surface area contributed by atoms with E-state index in [9.17, 15) is 23.1 Å². The van der Waals surface area contributed by atoms with Crippen LogP contribution in [0.2, 0.25) is 0 Å². The SMILES string of the molecule is O=C(Nc1nc2cc(C(F)(F)F)cc(NC3CCCC(O)C3)n2n1)c1cccnc1. The molecule has 0 aliphatic heterocycles. The number of nitrogens with one attached hydrogen (secondary N) is 2. The molecule has 3 aromatic heterocycles. The normalized spacial score (nSPS) is 19.6. The van der Waals surface area contributed by atoms with E-state index >= 15 is 0 Å². The third-order valence-electron chi connectivity index (χ3n) is 4.91. The van der Waals surface area contributed by atoms with Gasteiger partial charge in [0.15, 0.2) is 5.65 Å². The summed E-state index contributed by atoms with van der Waals surface area (Å²) in [6.07, 6.45) is 0.380. The summed E-state index contributed by atoms with van der Waals surface area (Å²) in [5.41, 5.74) is -0.682. The van der Waals surface area contributed by atoms with Crippen molar-refractivity contribution in [2.24, 2.45) is 0 Å². The van der Waals surface area contributed by atoms with Crippen LogP contribution in [-0.2, 0) is 6.18 Å². The van der Waals surface area contributed by atoms with E-state index in [1.807, 2.05) is 0 Å². The lowest BCUT2D eigenvalue weighted by molar-refractivity contribution is -0.137. The van der Waals surface area contributed by atoms with Crippen LogP contribution in [0.3, 0.4) is 0 Å². The highest BCUT2D eigenvalue weighted by Crippen LogP contribution is 2.33. The number of rotatable bonds is 4. The number of hydrogen-bond acceptors (Lipinski definition) is 6. The minimum absolute atomic E-state index is 0.0647. The number of aliphatic hydroxyl groups excluding tert-OH is 1. The Hall–Kier alpha value is -3.21. The number of amides is 1. The number of halogens is 3. The lowest BCUT2D eigenvalue weighted by atomic mass is 9.93. The van der Waals surface area contributed by atoms with Crippen LogP contribution in [0.4, 0.5) is 24.9 Å². The highest BCUT2D eigenvalue weighted by atomic mass is 19.4. The second kappa shape index (κ2) is 7.90. The van der Waals surface area contributed by atoms with Crippen molar-refractivity contribution in [1.82, 2.24) is 19.6 Å². The van der Waals surface area contributed by atoms with Gasteiger partial charge in [-0.2, -0.15) is 22.7 Å². The lowest BCUT2D eigenvalue weighted by Gasteiger charge is -2.27. The average Bonchev–Trinajstić information content (AvgIpc) is 3.11. The van der Waals surface area contributed by atoms with E-state index in [2.05, 4.69) is 25.7 Å². The Morgan fingerprint density at radius 3 is 2.80 bits per heavy atom. The van der Waals surface area contributed by atoms with Crippen LogP contribution in [0.5, 0.6) is 0 Å². The molecule has 1 saturated carbocycles. The number of hydrogen-bond donors (Lipinski definition) is 3. The molecule has 0 saturated heterocycles. The Bertz CT molecular complexity index is 1050. The molecule has 1 aliphatic carbocycles. The third kappa shape index (κ3) is 4.35. The first kappa shape index (κ1) is 20.1. The molecule has 3 aromatic rings. The minimum atomic E-state index is -4.57. The molecule has 1 aliphatic rings. The zero-order valence-electron chi connectivity index (χ0n) is 15.7. The summed E-state index contributed by atoms with van der Waals surface area (Å²) in [6, 6.07) is 4.75. The molecule has 11 heteroatoms. The summed E-state index contributed by atoms with van der Waals surface area (Å²) >= 11 is 0. The summed E-state index contributed by atoms with van der Waals surface area (Å²) in [5.74, 6) is -0.567. The Morgan fingerprint density at radius 2 is 2.10 bits per heavy atom. The Labute approximate surface area is 169 Å². The highest BCUT2D eigenvalue weighted by Gasteiger charge is 2.33. The van der Waals surface area contributed by atoms with Gasteiger partial charge in [0.1, 0.15) is 5.82 Å². The van der Waals surface area contributed by atoms with Crippen molar-refractivity contribution in [3.8, 4) is 0 Å². The van der Waals surface area contributed by atoms with Gasteiger partial charge < -0.3 is 10.4 Å². The van der Waals surface area contributed by atoms with Gasteiger partial charge in [0.05, 0.1) is 17.2 Å². The van der Waals surface area contributed by atoms with Crippen molar-refractivity contribution < 1.29 is 23.1 Å². The maximum atomic E-state index is 13.4. The Kier molecular flexibility index (Phi) is 5.29. The Morgan fingerprint density at radius 1 is 1.27 bits per heavy atom. The van der Waals surface area contributed by atoms with Crippen LogP contribution < -0.4 is 10.6 Å². The molecule has 3 N–H and O–H groups in total. The number of fused-ring (bicyclic) bond motifs is 1. The smallest absolute Gasteiger partial charge is 0.393 e. The lowest BCUT2D eigenvalue weighted by Crippen LogP contribution is -2.30. The highest BCUT2D eigenvalue weighted by molar-refractivity contribution is 6.03. The zero-order valence-corrected chi connectivity index (χ0v) is 15.7. The first-order valence-electron chi connectivity index (χ1n) is 9.43. The minimum Gasteiger partial charge on any atom is -0.393 e. The number of aliphatic hydroxyl groups is 1. The molecule has 4 rings (SSSR count). The standard InChI is InChI=1S/C19H19F3N6O2/c20-19(21,22)12-7-15(24-13-4-1-5-14(29)9-13)28-16(8-12)25-18(27-28)26-17(30)11-3-2-6-23-10-11/h2-3,6-8,10,13-14,24,29H,1,4-5,9H2,(H,26,27,30). The van der Waals surface area contributed by atoms with Gasteiger partial charge in [-0.15, -0.1) is 5.10 Å². The number of nitrogens with zero attached hydrogens (tertiary/aromatic N) is 4. The topological polar surface area (TPSA) is 104 Å². The second-order valence-electron chi connectivity index (χ2n) is 7.19. The van der Waals surface area contributed by atoms with Gasteiger partial charge in [-0.25, -0.2) is 0 Å². The fraction of sp³-hybridized carbons (Fsp3) is 0.368. The van der Waals surface area contributed by atoms with Crippen LogP contribution >= 0.6 is 0 Å². The second-order valence-corrected chi connectivity index (χ2v) is 7.19. The maximum Gasteiger partial charge on any atom is 0.416 e. The number of carbonyl (C=O) groups is 1. The molecule has 158 valence electrons. The monoisotopic (exact) mass is 420 g/mol. The number of pyridine rings is 2. The van der Waals surface area contributed by atoms with Crippen molar-refractivity contribution >= 4 is 23.3 Å². The molecular formula is C19H19F3N6O2. The summed E-state index contributed by atoms with van der Waals surface area (Å²) < 4.78 is 41.3. The number of alkyl halides is 3. The van der Waals surface area contributed by atoms with Gasteiger partial charge >= 0.3 is 6.18 Å². The molecule has 0 bridgehead atoms. The molecular weight excluding hydrogens is 401 g/mol. The zero-order chi connectivity index (χ0) is 21.3. The molecule has 0 radical (unpaired) electrons. The number of anilines is 2. The molecule has 0 spiro atoms. The number of carbonyl (C=O) groups excluding carboxylic acids is 1. The predicted octanol–water partition coefficient (Wildman–Crippen LogP) is 3.11. The van der Waals surface area contributed by atoms with E-state index in [1.54, 1.807) is 12.1 Å². The van der Waals surface area contributed by atoms with E-state index in [0.717, 1.165) is 18.6 Å². The van der Waals surface area contributed by atoms with Crippen LogP contribution in [0.1, 0.15) is 41.6 Å². The van der Waals surface area contributed by atoms with E-state index in [0.29, 0.717) is 19.3 Å².